The van der Waals surface area contributed by atoms with Gasteiger partial charge in [-0.3, -0.25) is 0 Å². The molecule has 0 radical (unpaired) electrons. The Morgan fingerprint density at radius 3 is 2.67 bits per heavy atom. The van der Waals surface area contributed by atoms with Crippen molar-refractivity contribution in [1.82, 2.24) is 4.31 Å². The predicted molar refractivity (Wildman–Crippen MR) is 72.3 cm³/mol. The van der Waals surface area contributed by atoms with E-state index in [4.69, 9.17) is 4.74 Å². The molecule has 0 unspecified atom stereocenters. The molecule has 1 aromatic carbocycles. The second-order valence-corrected chi connectivity index (χ2v) is 5.71. The fourth-order valence-corrected chi connectivity index (χ4v) is 3.08. The maximum atomic E-state index is 12.4. The summed E-state index contributed by atoms with van der Waals surface area (Å²) in [6.07, 6.45) is 0. The summed E-state index contributed by atoms with van der Waals surface area (Å²) < 4.78 is 31.1. The van der Waals surface area contributed by atoms with Crippen LogP contribution in [0.2, 0.25) is 0 Å². The van der Waals surface area contributed by atoms with Gasteiger partial charge in [0.25, 0.3) is 0 Å². The van der Waals surface area contributed by atoms with Crippen molar-refractivity contribution in [1.29, 1.82) is 0 Å². The first-order chi connectivity index (χ1) is 8.56. The molecule has 0 aliphatic carbocycles. The molecular weight excluding hydrogens is 252 g/mol. The molecule has 0 bridgehead atoms. The summed E-state index contributed by atoms with van der Waals surface area (Å²) in [4.78, 5) is 0.298. The van der Waals surface area contributed by atoms with E-state index in [9.17, 15) is 8.42 Å². The molecule has 5 nitrogen and oxygen atoms in total. The van der Waals surface area contributed by atoms with E-state index in [0.29, 0.717) is 24.6 Å². The summed E-state index contributed by atoms with van der Waals surface area (Å²) in [7, 11) is -0.127. The fraction of sp³-hybridized carbons (Fsp3) is 0.500. The molecule has 102 valence electrons. The Labute approximate surface area is 109 Å². The molecule has 18 heavy (non-hydrogen) atoms. The van der Waals surface area contributed by atoms with Crippen LogP contribution in [0.25, 0.3) is 0 Å². The number of methoxy groups -OCH3 is 1. The molecule has 1 N–H and O–H groups in total. The molecule has 0 spiro atoms. The summed E-state index contributed by atoms with van der Waals surface area (Å²) in [6.45, 7) is 2.99. The van der Waals surface area contributed by atoms with Gasteiger partial charge >= 0.3 is 0 Å². The molecule has 1 aromatic rings. The van der Waals surface area contributed by atoms with Crippen molar-refractivity contribution in [2.24, 2.45) is 0 Å². The number of nitrogens with zero attached hydrogens (tertiary/aromatic N) is 1. The molecule has 0 aliphatic rings. The number of rotatable bonds is 7. The smallest absolute Gasteiger partial charge is 0.243 e. The van der Waals surface area contributed by atoms with Crippen LogP contribution in [0.3, 0.4) is 0 Å². The van der Waals surface area contributed by atoms with E-state index < -0.39 is 10.0 Å². The molecule has 0 atom stereocenters. The van der Waals surface area contributed by atoms with Crippen LogP contribution >= 0.6 is 0 Å². The van der Waals surface area contributed by atoms with Gasteiger partial charge in [0.1, 0.15) is 0 Å². The number of ether oxygens (including phenoxy) is 1. The van der Waals surface area contributed by atoms with Gasteiger partial charge in [-0.2, -0.15) is 4.31 Å². The maximum Gasteiger partial charge on any atom is 0.243 e. The minimum Gasteiger partial charge on any atom is -0.388 e. The Morgan fingerprint density at radius 2 is 2.11 bits per heavy atom. The van der Waals surface area contributed by atoms with Gasteiger partial charge < -0.3 is 10.1 Å². The molecule has 0 saturated heterocycles. The number of sulfonamides is 1. The van der Waals surface area contributed by atoms with E-state index in [1.165, 1.54) is 4.31 Å². The number of benzene rings is 1. The van der Waals surface area contributed by atoms with Gasteiger partial charge in [-0.15, -0.1) is 0 Å². The van der Waals surface area contributed by atoms with Gasteiger partial charge in [-0.05, 0) is 18.2 Å². The van der Waals surface area contributed by atoms with Crippen LogP contribution in [0.4, 0.5) is 5.69 Å². The molecule has 0 amide bonds. The topological polar surface area (TPSA) is 58.6 Å². The third kappa shape index (κ3) is 3.44. The standard InChI is InChI=1S/C12H20N2O3S/c1-4-14(8-9-17-3)18(15,16)12-7-5-6-11(10-12)13-2/h5-7,10,13H,4,8-9H2,1-3H3. The molecule has 0 aliphatic heterocycles. The molecule has 6 heteroatoms. The normalized spacial score (nSPS) is 11.8. The first-order valence-electron chi connectivity index (χ1n) is 5.83. The van der Waals surface area contributed by atoms with Gasteiger partial charge in [-0.1, -0.05) is 13.0 Å². The van der Waals surface area contributed by atoms with Crippen LogP contribution < -0.4 is 5.32 Å². The minimum absolute atomic E-state index is 0.298. The lowest BCUT2D eigenvalue weighted by Gasteiger charge is -2.20. The number of likely N-dealkylation sites (N-methyl/N-ethyl adjacent to an activating group) is 1. The predicted octanol–water partition coefficient (Wildman–Crippen LogP) is 1.39. The van der Waals surface area contributed by atoms with Gasteiger partial charge in [0, 0.05) is 32.9 Å². The highest BCUT2D eigenvalue weighted by atomic mass is 32.2. The van der Waals surface area contributed by atoms with Crippen molar-refractivity contribution in [3.8, 4) is 0 Å². The van der Waals surface area contributed by atoms with E-state index in [2.05, 4.69) is 5.32 Å². The third-order valence-corrected chi connectivity index (χ3v) is 4.63. The molecule has 0 fully saturated rings. The lowest BCUT2D eigenvalue weighted by molar-refractivity contribution is 0.180. The second-order valence-electron chi connectivity index (χ2n) is 3.77. The zero-order valence-electron chi connectivity index (χ0n) is 11.0. The Hall–Kier alpha value is -1.11. The molecule has 0 aromatic heterocycles. The van der Waals surface area contributed by atoms with Crippen LogP contribution in [0.15, 0.2) is 29.2 Å². The Bertz CT molecular complexity index is 474. The third-order valence-electron chi connectivity index (χ3n) is 2.66. The lowest BCUT2D eigenvalue weighted by atomic mass is 10.3. The van der Waals surface area contributed by atoms with Gasteiger partial charge in [0.15, 0.2) is 0 Å². The van der Waals surface area contributed by atoms with Crippen LogP contribution in [-0.4, -0.2) is 46.6 Å². The number of hydrogen-bond acceptors (Lipinski definition) is 4. The van der Waals surface area contributed by atoms with E-state index in [1.807, 2.05) is 13.0 Å². The Kier molecular flexibility index (Phi) is 5.58. The second kappa shape index (κ2) is 6.72. The molecule has 0 heterocycles. The van der Waals surface area contributed by atoms with Gasteiger partial charge in [0.2, 0.25) is 10.0 Å². The SMILES string of the molecule is CCN(CCOC)S(=O)(=O)c1cccc(NC)c1. The van der Waals surface area contributed by atoms with Crippen LogP contribution in [-0.2, 0) is 14.8 Å². The number of hydrogen-bond donors (Lipinski definition) is 1. The lowest BCUT2D eigenvalue weighted by Crippen LogP contribution is -2.33. The maximum absolute atomic E-state index is 12.4. The van der Waals surface area contributed by atoms with Crippen molar-refractivity contribution in [2.45, 2.75) is 11.8 Å². The Balaban J connectivity index is 3.02. The zero-order chi connectivity index (χ0) is 13.6. The first-order valence-corrected chi connectivity index (χ1v) is 7.27. The van der Waals surface area contributed by atoms with Crippen molar-refractivity contribution in [2.75, 3.05) is 39.2 Å². The Morgan fingerprint density at radius 1 is 1.39 bits per heavy atom. The number of anilines is 1. The average Bonchev–Trinajstić information content (AvgIpc) is 2.39. The summed E-state index contributed by atoms with van der Waals surface area (Å²) in [5, 5.41) is 2.93. The van der Waals surface area contributed by atoms with Crippen LogP contribution in [0.5, 0.6) is 0 Å². The zero-order valence-corrected chi connectivity index (χ0v) is 11.8. The van der Waals surface area contributed by atoms with E-state index >= 15 is 0 Å². The van der Waals surface area contributed by atoms with Crippen LogP contribution in [0.1, 0.15) is 6.92 Å². The highest BCUT2D eigenvalue weighted by Crippen LogP contribution is 2.19. The van der Waals surface area contributed by atoms with Crippen LogP contribution in [0, 0.1) is 0 Å². The summed E-state index contributed by atoms with van der Waals surface area (Å²) in [6, 6.07) is 6.78. The van der Waals surface area contributed by atoms with Crippen molar-refractivity contribution in [3.63, 3.8) is 0 Å². The summed E-state index contributed by atoms with van der Waals surface area (Å²) >= 11 is 0. The molecular formula is C12H20N2O3S. The number of nitrogens with one attached hydrogen (secondary N) is 1. The molecule has 0 saturated carbocycles. The van der Waals surface area contributed by atoms with Crippen molar-refractivity contribution < 1.29 is 13.2 Å². The molecule has 1 rings (SSSR count). The van der Waals surface area contributed by atoms with E-state index in [0.717, 1.165) is 5.69 Å². The minimum atomic E-state index is -3.44. The fourth-order valence-electron chi connectivity index (χ4n) is 1.60. The van der Waals surface area contributed by atoms with Crippen molar-refractivity contribution in [3.05, 3.63) is 24.3 Å². The monoisotopic (exact) mass is 272 g/mol. The van der Waals surface area contributed by atoms with Gasteiger partial charge in [0.05, 0.1) is 11.5 Å². The van der Waals surface area contributed by atoms with Crippen molar-refractivity contribution >= 4 is 15.7 Å². The largest absolute Gasteiger partial charge is 0.388 e. The highest BCUT2D eigenvalue weighted by Gasteiger charge is 2.22. The average molecular weight is 272 g/mol. The van der Waals surface area contributed by atoms with E-state index in [-0.39, 0.29) is 0 Å². The van der Waals surface area contributed by atoms with E-state index in [1.54, 1.807) is 32.4 Å². The quantitative estimate of drug-likeness (QED) is 0.815. The first kappa shape index (κ1) is 14.9. The highest BCUT2D eigenvalue weighted by molar-refractivity contribution is 7.89. The summed E-state index contributed by atoms with van der Waals surface area (Å²) in [5.41, 5.74) is 0.777. The summed E-state index contributed by atoms with van der Waals surface area (Å²) in [5.74, 6) is 0. The van der Waals surface area contributed by atoms with Gasteiger partial charge in [-0.25, -0.2) is 8.42 Å².